The van der Waals surface area contributed by atoms with Gasteiger partial charge in [0, 0.05) is 11.9 Å². The normalized spacial score (nSPS) is 5.17. The summed E-state index contributed by atoms with van der Waals surface area (Å²) in [4.78, 5) is 25.8. The minimum Gasteiger partial charge on any atom is -0.550 e. The van der Waals surface area contributed by atoms with E-state index < -0.39 is 11.9 Å². The SMILES string of the molecule is CC(=O)[O-].CC(=O)[O-].O=N[O-].[Bi+2]. The molecule has 0 amide bonds. The number of carboxylic acid groups (broad SMARTS) is 2. The maximum absolute atomic E-state index is 8.89. The molecule has 0 fully saturated rings. The number of hydrogen-bond acceptors (Lipinski definition) is 7. The third-order valence-corrected chi connectivity index (χ3v) is 0. The Kier molecular flexibility index (Phi) is 42.1. The molecule has 0 rings (SSSR count). The van der Waals surface area contributed by atoms with E-state index in [0.717, 1.165) is 19.2 Å². The number of carbonyl (C=O) groups is 2. The minimum atomic E-state index is -1.08. The van der Waals surface area contributed by atoms with Gasteiger partial charge in [0.05, 0.1) is 0 Å². The van der Waals surface area contributed by atoms with Crippen LogP contribution in [0.5, 0.6) is 0 Å². The summed E-state index contributed by atoms with van der Waals surface area (Å²) in [7, 11) is 0. The van der Waals surface area contributed by atoms with Gasteiger partial charge >= 0.3 is 26.2 Å². The van der Waals surface area contributed by atoms with Gasteiger partial charge in [-0.1, -0.05) is 0 Å². The minimum absolute atomic E-state index is 0. The first kappa shape index (κ1) is 22.5. The Hall–Kier alpha value is -0.777. The summed E-state index contributed by atoms with van der Waals surface area (Å²) >= 11 is 0. The fourth-order valence-corrected chi connectivity index (χ4v) is 0. The van der Waals surface area contributed by atoms with E-state index in [1.807, 2.05) is 0 Å². The first-order chi connectivity index (χ1) is 4.88. The largest absolute Gasteiger partial charge is 2.00 e. The number of rotatable bonds is 0. The van der Waals surface area contributed by atoms with Crippen LogP contribution in [0.4, 0.5) is 0 Å². The van der Waals surface area contributed by atoms with Crippen molar-refractivity contribution >= 4 is 38.1 Å². The number of hydrogen-bond donors (Lipinski definition) is 0. The second-order valence-electron chi connectivity index (χ2n) is 1.06. The van der Waals surface area contributed by atoms with Crippen LogP contribution in [0.3, 0.4) is 0 Å². The molecule has 0 aliphatic heterocycles. The topological polar surface area (TPSA) is 133 Å². The van der Waals surface area contributed by atoms with Crippen molar-refractivity contribution in [2.24, 2.45) is 5.34 Å². The molecule has 0 aliphatic rings. The first-order valence-electron chi connectivity index (χ1n) is 2.18. The van der Waals surface area contributed by atoms with E-state index in [2.05, 4.69) is 0 Å². The second-order valence-corrected chi connectivity index (χ2v) is 1.06. The number of carbonyl (C=O) groups excluding carboxylic acids is 2. The molecule has 0 spiro atoms. The quantitative estimate of drug-likeness (QED) is 0.259. The molecule has 8 heteroatoms. The summed E-state index contributed by atoms with van der Waals surface area (Å²) in [6.45, 7) is 1.94. The zero-order valence-electron chi connectivity index (χ0n) is 6.34. The number of carboxylic acids is 2. The molecule has 0 bridgehead atoms. The van der Waals surface area contributed by atoms with Gasteiger partial charge in [0.2, 0.25) is 0 Å². The molecule has 0 saturated carbocycles. The van der Waals surface area contributed by atoms with E-state index in [4.69, 9.17) is 29.9 Å². The van der Waals surface area contributed by atoms with E-state index in [1.165, 1.54) is 0 Å². The van der Waals surface area contributed by atoms with Crippen molar-refractivity contribution in [1.29, 1.82) is 0 Å². The Morgan fingerprint density at radius 3 is 1.08 bits per heavy atom. The van der Waals surface area contributed by atoms with Crippen molar-refractivity contribution in [2.45, 2.75) is 13.8 Å². The fraction of sp³-hybridized carbons (Fsp3) is 0.500. The van der Waals surface area contributed by atoms with Gasteiger partial charge in [-0.25, -0.2) is 0 Å². The molecule has 0 saturated heterocycles. The maximum Gasteiger partial charge on any atom is 2.00 e. The van der Waals surface area contributed by atoms with Gasteiger partial charge in [0.25, 0.3) is 0 Å². The monoisotopic (exact) mass is 373 g/mol. The molecule has 0 unspecified atom stereocenters. The zero-order valence-corrected chi connectivity index (χ0v) is 9.82. The zero-order chi connectivity index (χ0) is 9.86. The van der Waals surface area contributed by atoms with Crippen molar-refractivity contribution in [3.8, 4) is 0 Å². The van der Waals surface area contributed by atoms with E-state index in [-0.39, 0.29) is 26.2 Å². The molecule has 69 valence electrons. The Bertz CT molecular complexity index is 107. The molecule has 3 radical (unpaired) electrons. The van der Waals surface area contributed by atoms with Crippen molar-refractivity contribution in [3.05, 3.63) is 10.1 Å². The van der Waals surface area contributed by atoms with Crippen LogP contribution in [0.25, 0.3) is 0 Å². The van der Waals surface area contributed by atoms with E-state index in [9.17, 15) is 0 Å². The average molecular weight is 373 g/mol. The Morgan fingerprint density at radius 2 is 1.08 bits per heavy atom. The fourth-order valence-electron chi connectivity index (χ4n) is 0. The van der Waals surface area contributed by atoms with Crippen molar-refractivity contribution < 1.29 is 19.8 Å². The molecular weight excluding hydrogens is 367 g/mol. The van der Waals surface area contributed by atoms with Gasteiger partial charge in [-0.15, -0.1) is 5.34 Å². The Balaban J connectivity index is -0.0000000389. The molecule has 0 heterocycles. The van der Waals surface area contributed by atoms with E-state index in [1.54, 1.807) is 0 Å². The molecule has 12 heavy (non-hydrogen) atoms. The predicted octanol–water partition coefficient (Wildman–Crippen LogP) is -2.62. The average Bonchev–Trinajstić information content (AvgIpc) is 1.60. The molecule has 0 atom stereocenters. The third kappa shape index (κ3) is 1030. The van der Waals surface area contributed by atoms with Gasteiger partial charge in [-0.3, -0.25) is 0 Å². The number of nitrogens with zero attached hydrogens (tertiary/aromatic N) is 1. The smallest absolute Gasteiger partial charge is 0.550 e. The van der Waals surface area contributed by atoms with Gasteiger partial charge in [0.15, 0.2) is 0 Å². The first-order valence-corrected chi connectivity index (χ1v) is 2.18. The molecule has 7 nitrogen and oxygen atoms in total. The van der Waals surface area contributed by atoms with E-state index >= 15 is 0 Å². The van der Waals surface area contributed by atoms with Gasteiger partial charge in [-0.05, 0) is 13.8 Å². The summed E-state index contributed by atoms with van der Waals surface area (Å²) in [5.74, 6) is -2.17. The van der Waals surface area contributed by atoms with Crippen LogP contribution in [0.2, 0.25) is 0 Å². The Morgan fingerprint density at radius 1 is 1.08 bits per heavy atom. The van der Waals surface area contributed by atoms with Crippen molar-refractivity contribution in [1.82, 2.24) is 0 Å². The van der Waals surface area contributed by atoms with Gasteiger partial charge < -0.3 is 29.9 Å². The Labute approximate surface area is 87.4 Å². The van der Waals surface area contributed by atoms with Gasteiger partial charge in [-0.2, -0.15) is 0 Å². The van der Waals surface area contributed by atoms with Crippen LogP contribution in [-0.2, 0) is 9.59 Å². The summed E-state index contributed by atoms with van der Waals surface area (Å²) in [5, 5.41) is 26.8. The van der Waals surface area contributed by atoms with E-state index in [0.29, 0.717) is 0 Å². The van der Waals surface area contributed by atoms with Crippen LogP contribution in [-0.4, -0.2) is 38.1 Å². The standard InChI is InChI=1S/2C2H4O2.Bi.HNO2/c2*1-2(3)4;;2-1-3/h2*1H3,(H,3,4);;(H,2,3)/q;;+2;/p-3. The number of aliphatic carboxylic acids is 2. The maximum atomic E-state index is 8.89. The molecule has 0 aromatic carbocycles. The van der Waals surface area contributed by atoms with Crippen LogP contribution in [0, 0.1) is 10.1 Å². The summed E-state index contributed by atoms with van der Waals surface area (Å²) < 4.78 is 0. The third-order valence-electron chi connectivity index (χ3n) is 0. The van der Waals surface area contributed by atoms with Crippen LogP contribution in [0.15, 0.2) is 5.34 Å². The molecular formula is C4H6BiNO6-. The summed E-state index contributed by atoms with van der Waals surface area (Å²) in [5.41, 5.74) is 0. The van der Waals surface area contributed by atoms with Crippen LogP contribution < -0.4 is 10.2 Å². The summed E-state index contributed by atoms with van der Waals surface area (Å²) in [6.07, 6.45) is 0. The molecule has 0 aliphatic carbocycles. The molecule has 0 N–H and O–H groups in total. The second kappa shape index (κ2) is 22.5. The van der Waals surface area contributed by atoms with Crippen LogP contribution >= 0.6 is 0 Å². The van der Waals surface area contributed by atoms with Crippen LogP contribution in [0.1, 0.15) is 13.8 Å². The molecule has 0 aromatic rings. The van der Waals surface area contributed by atoms with Gasteiger partial charge in [0.1, 0.15) is 0 Å². The molecule has 0 aromatic heterocycles. The van der Waals surface area contributed by atoms with Crippen molar-refractivity contribution in [2.75, 3.05) is 0 Å². The predicted molar refractivity (Wildman–Crippen MR) is 36.3 cm³/mol. The van der Waals surface area contributed by atoms with Crippen molar-refractivity contribution in [3.63, 3.8) is 0 Å². The summed E-state index contributed by atoms with van der Waals surface area (Å²) in [6, 6.07) is 0.